The zero-order valence-electron chi connectivity index (χ0n) is 12.9. The van der Waals surface area contributed by atoms with Crippen molar-refractivity contribution < 1.29 is 9.18 Å². The number of hydrogen-bond donors (Lipinski definition) is 2. The zero-order chi connectivity index (χ0) is 16.1. The van der Waals surface area contributed by atoms with Gasteiger partial charge in [0, 0.05) is 12.2 Å². The molecule has 1 amide bonds. The summed E-state index contributed by atoms with van der Waals surface area (Å²) >= 11 is 0. The summed E-state index contributed by atoms with van der Waals surface area (Å²) in [4.78, 5) is 16.5. The SMILES string of the molecule is CC(C)C(C)NC(=O)c1cccnc1Nc1ccccc1F. The first-order valence-electron chi connectivity index (χ1n) is 7.26. The Morgan fingerprint density at radius 1 is 1.14 bits per heavy atom. The third-order valence-corrected chi connectivity index (χ3v) is 3.54. The summed E-state index contributed by atoms with van der Waals surface area (Å²) in [6.45, 7) is 6.02. The lowest BCUT2D eigenvalue weighted by molar-refractivity contribution is 0.0931. The van der Waals surface area contributed by atoms with Crippen molar-refractivity contribution in [1.82, 2.24) is 10.3 Å². The van der Waals surface area contributed by atoms with Gasteiger partial charge in [0.15, 0.2) is 0 Å². The molecule has 0 aliphatic rings. The molecule has 22 heavy (non-hydrogen) atoms. The van der Waals surface area contributed by atoms with E-state index in [1.54, 1.807) is 36.5 Å². The molecule has 4 nitrogen and oxygen atoms in total. The van der Waals surface area contributed by atoms with Gasteiger partial charge in [-0.05, 0) is 37.1 Å². The Kier molecular flexibility index (Phi) is 5.09. The molecule has 1 unspecified atom stereocenters. The smallest absolute Gasteiger partial charge is 0.255 e. The van der Waals surface area contributed by atoms with Gasteiger partial charge >= 0.3 is 0 Å². The first kappa shape index (κ1) is 15.9. The number of benzene rings is 1. The highest BCUT2D eigenvalue weighted by molar-refractivity contribution is 5.99. The average molecular weight is 301 g/mol. The second-order valence-corrected chi connectivity index (χ2v) is 5.51. The molecule has 0 fully saturated rings. The van der Waals surface area contributed by atoms with Crippen LogP contribution in [-0.2, 0) is 0 Å². The number of rotatable bonds is 5. The standard InChI is InChI=1S/C17H20FN3O/c1-11(2)12(3)20-17(22)13-7-6-10-19-16(13)21-15-9-5-4-8-14(15)18/h4-12H,1-3H3,(H,19,21)(H,20,22). The number of carbonyl (C=O) groups excluding carboxylic acids is 1. The number of aromatic nitrogens is 1. The maximum atomic E-state index is 13.7. The van der Waals surface area contributed by atoms with Crippen LogP contribution in [0.15, 0.2) is 42.6 Å². The third-order valence-electron chi connectivity index (χ3n) is 3.54. The van der Waals surface area contributed by atoms with E-state index in [0.717, 1.165) is 0 Å². The van der Waals surface area contributed by atoms with Crippen LogP contribution < -0.4 is 10.6 Å². The number of pyridine rings is 1. The van der Waals surface area contributed by atoms with E-state index in [4.69, 9.17) is 0 Å². The summed E-state index contributed by atoms with van der Waals surface area (Å²) in [6, 6.07) is 9.66. The number of nitrogens with one attached hydrogen (secondary N) is 2. The molecular weight excluding hydrogens is 281 g/mol. The number of amides is 1. The average Bonchev–Trinajstić information content (AvgIpc) is 2.50. The predicted octanol–water partition coefficient (Wildman–Crippen LogP) is 3.74. The molecule has 1 atom stereocenters. The van der Waals surface area contributed by atoms with E-state index in [0.29, 0.717) is 17.3 Å². The van der Waals surface area contributed by atoms with Crippen LogP contribution in [0.25, 0.3) is 0 Å². The number of anilines is 2. The number of para-hydroxylation sites is 1. The van der Waals surface area contributed by atoms with Gasteiger partial charge in [-0.25, -0.2) is 9.37 Å². The molecule has 0 saturated carbocycles. The second kappa shape index (κ2) is 7.02. The van der Waals surface area contributed by atoms with Crippen molar-refractivity contribution in [2.75, 3.05) is 5.32 Å². The topological polar surface area (TPSA) is 54.0 Å². The number of halogens is 1. The van der Waals surface area contributed by atoms with Crippen molar-refractivity contribution >= 4 is 17.4 Å². The van der Waals surface area contributed by atoms with Gasteiger partial charge in [0.05, 0.1) is 11.3 Å². The number of hydrogen-bond acceptors (Lipinski definition) is 3. The lowest BCUT2D eigenvalue weighted by Crippen LogP contribution is -2.36. The largest absolute Gasteiger partial charge is 0.349 e. The van der Waals surface area contributed by atoms with Gasteiger partial charge in [-0.1, -0.05) is 26.0 Å². The molecule has 2 N–H and O–H groups in total. The molecule has 5 heteroatoms. The van der Waals surface area contributed by atoms with Gasteiger partial charge in [-0.3, -0.25) is 4.79 Å². The molecule has 1 aromatic heterocycles. The molecule has 2 rings (SSSR count). The lowest BCUT2D eigenvalue weighted by atomic mass is 10.1. The minimum Gasteiger partial charge on any atom is -0.349 e. The molecule has 0 bridgehead atoms. The second-order valence-electron chi connectivity index (χ2n) is 5.51. The van der Waals surface area contributed by atoms with Crippen LogP contribution in [-0.4, -0.2) is 16.9 Å². The molecule has 2 aromatic rings. The van der Waals surface area contributed by atoms with Crippen LogP contribution in [0.4, 0.5) is 15.9 Å². The molecule has 0 radical (unpaired) electrons. The van der Waals surface area contributed by atoms with Gasteiger partial charge in [0.1, 0.15) is 11.6 Å². The summed E-state index contributed by atoms with van der Waals surface area (Å²) in [5.41, 5.74) is 0.672. The van der Waals surface area contributed by atoms with Crippen molar-refractivity contribution in [2.24, 2.45) is 5.92 Å². The minimum atomic E-state index is -0.393. The van der Waals surface area contributed by atoms with E-state index in [2.05, 4.69) is 15.6 Å². The summed E-state index contributed by atoms with van der Waals surface area (Å²) < 4.78 is 13.7. The van der Waals surface area contributed by atoms with Crippen LogP contribution in [0.2, 0.25) is 0 Å². The van der Waals surface area contributed by atoms with Gasteiger partial charge in [0.25, 0.3) is 5.91 Å². The Bertz CT molecular complexity index is 658. The van der Waals surface area contributed by atoms with Crippen LogP contribution in [0.5, 0.6) is 0 Å². The molecule has 0 aliphatic carbocycles. The first-order valence-corrected chi connectivity index (χ1v) is 7.26. The van der Waals surface area contributed by atoms with Crippen LogP contribution in [0.1, 0.15) is 31.1 Å². The van der Waals surface area contributed by atoms with Crippen molar-refractivity contribution in [3.05, 3.63) is 54.0 Å². The Morgan fingerprint density at radius 2 is 1.86 bits per heavy atom. The molecule has 0 saturated heterocycles. The monoisotopic (exact) mass is 301 g/mol. The Morgan fingerprint density at radius 3 is 2.55 bits per heavy atom. The Balaban J connectivity index is 2.23. The first-order chi connectivity index (χ1) is 10.5. The highest BCUT2D eigenvalue weighted by atomic mass is 19.1. The van der Waals surface area contributed by atoms with E-state index < -0.39 is 5.82 Å². The van der Waals surface area contributed by atoms with E-state index in [1.165, 1.54) is 6.07 Å². The van der Waals surface area contributed by atoms with Crippen molar-refractivity contribution in [2.45, 2.75) is 26.8 Å². The summed E-state index contributed by atoms with van der Waals surface area (Å²) in [6.07, 6.45) is 1.56. The summed E-state index contributed by atoms with van der Waals surface area (Å²) in [7, 11) is 0. The predicted molar refractivity (Wildman–Crippen MR) is 85.7 cm³/mol. The maximum absolute atomic E-state index is 13.7. The number of nitrogens with zero attached hydrogens (tertiary/aromatic N) is 1. The highest BCUT2D eigenvalue weighted by Gasteiger charge is 2.17. The summed E-state index contributed by atoms with van der Waals surface area (Å²) in [5.74, 6) is 0.0350. The van der Waals surface area contributed by atoms with E-state index in [-0.39, 0.29) is 17.6 Å². The third kappa shape index (κ3) is 3.81. The molecule has 0 aliphatic heterocycles. The Labute approximate surface area is 129 Å². The van der Waals surface area contributed by atoms with Gasteiger partial charge < -0.3 is 10.6 Å². The molecule has 0 spiro atoms. The van der Waals surface area contributed by atoms with Crippen molar-refractivity contribution in [3.63, 3.8) is 0 Å². The normalized spacial score (nSPS) is 12.0. The van der Waals surface area contributed by atoms with Gasteiger partial charge in [-0.2, -0.15) is 0 Å². The zero-order valence-corrected chi connectivity index (χ0v) is 12.9. The van der Waals surface area contributed by atoms with Crippen molar-refractivity contribution in [3.8, 4) is 0 Å². The fourth-order valence-corrected chi connectivity index (χ4v) is 1.83. The minimum absolute atomic E-state index is 0.0361. The van der Waals surface area contributed by atoms with Crippen LogP contribution in [0.3, 0.4) is 0 Å². The Hall–Kier alpha value is -2.43. The maximum Gasteiger partial charge on any atom is 0.255 e. The van der Waals surface area contributed by atoms with Crippen molar-refractivity contribution in [1.29, 1.82) is 0 Å². The van der Waals surface area contributed by atoms with Gasteiger partial charge in [-0.15, -0.1) is 0 Å². The van der Waals surface area contributed by atoms with E-state index >= 15 is 0 Å². The van der Waals surface area contributed by atoms with Gasteiger partial charge in [0.2, 0.25) is 0 Å². The van der Waals surface area contributed by atoms with Crippen LogP contribution >= 0.6 is 0 Å². The molecule has 1 heterocycles. The van der Waals surface area contributed by atoms with E-state index in [9.17, 15) is 9.18 Å². The van der Waals surface area contributed by atoms with E-state index in [1.807, 2.05) is 20.8 Å². The molecule has 1 aromatic carbocycles. The lowest BCUT2D eigenvalue weighted by Gasteiger charge is -2.18. The molecule has 116 valence electrons. The number of carbonyl (C=O) groups is 1. The highest BCUT2D eigenvalue weighted by Crippen LogP contribution is 2.21. The fraction of sp³-hybridized carbons (Fsp3) is 0.294. The quantitative estimate of drug-likeness (QED) is 0.884. The fourth-order valence-electron chi connectivity index (χ4n) is 1.83. The summed E-state index contributed by atoms with van der Waals surface area (Å²) in [5, 5.41) is 5.80. The van der Waals surface area contributed by atoms with Crippen LogP contribution in [0, 0.1) is 11.7 Å². The molecular formula is C17H20FN3O.